The number of ether oxygens (including phenoxy) is 1. The fourth-order valence-electron chi connectivity index (χ4n) is 2.86. The number of hydrogen-bond donors (Lipinski definition) is 1. The second-order valence-electron chi connectivity index (χ2n) is 5.01. The number of hydrogen-bond acceptors (Lipinski definition) is 3. The van der Waals surface area contributed by atoms with Gasteiger partial charge in [-0.1, -0.05) is 6.92 Å². The summed E-state index contributed by atoms with van der Waals surface area (Å²) >= 11 is 0. The minimum absolute atomic E-state index is 0.276. The van der Waals surface area contributed by atoms with E-state index in [-0.39, 0.29) is 12.0 Å². The lowest BCUT2D eigenvalue weighted by Gasteiger charge is -2.24. The number of carboxylic acids is 1. The van der Waals surface area contributed by atoms with Crippen LogP contribution in [0.4, 0.5) is 0 Å². The summed E-state index contributed by atoms with van der Waals surface area (Å²) in [5.41, 5.74) is 0. The van der Waals surface area contributed by atoms with E-state index in [1.54, 1.807) is 0 Å². The molecule has 4 nitrogen and oxygen atoms in total. The second-order valence-corrected chi connectivity index (χ2v) is 5.01. The Hall–Kier alpha value is -0.610. The Morgan fingerprint density at radius 2 is 2.31 bits per heavy atom. The van der Waals surface area contributed by atoms with Gasteiger partial charge in [0.25, 0.3) is 0 Å². The summed E-state index contributed by atoms with van der Waals surface area (Å²) in [6.07, 6.45) is 4.65. The van der Waals surface area contributed by atoms with Crippen LogP contribution in [0.3, 0.4) is 0 Å². The van der Waals surface area contributed by atoms with Crippen LogP contribution in [0.25, 0.3) is 0 Å². The number of aliphatic carboxylic acids is 1. The highest BCUT2D eigenvalue weighted by Crippen LogP contribution is 2.25. The highest BCUT2D eigenvalue weighted by atomic mass is 16.5. The van der Waals surface area contributed by atoms with E-state index < -0.39 is 5.97 Å². The Bertz CT molecular complexity index is 251. The SMILES string of the molecule is CC1CCN(CCC2CCCO2)C1C(=O)O. The molecule has 0 radical (unpaired) electrons. The molecule has 2 aliphatic rings. The van der Waals surface area contributed by atoms with Crippen molar-refractivity contribution in [1.29, 1.82) is 0 Å². The molecule has 0 amide bonds. The van der Waals surface area contributed by atoms with Crippen LogP contribution in [0, 0.1) is 5.92 Å². The number of carbonyl (C=O) groups is 1. The van der Waals surface area contributed by atoms with Gasteiger partial charge in [0.05, 0.1) is 6.10 Å². The van der Waals surface area contributed by atoms with Crippen molar-refractivity contribution in [1.82, 2.24) is 4.90 Å². The van der Waals surface area contributed by atoms with Gasteiger partial charge in [-0.2, -0.15) is 0 Å². The van der Waals surface area contributed by atoms with E-state index in [0.717, 1.165) is 45.4 Å². The van der Waals surface area contributed by atoms with Gasteiger partial charge in [0.15, 0.2) is 0 Å². The van der Waals surface area contributed by atoms with Crippen molar-refractivity contribution in [3.63, 3.8) is 0 Å². The zero-order valence-corrected chi connectivity index (χ0v) is 9.89. The first-order valence-electron chi connectivity index (χ1n) is 6.27. The van der Waals surface area contributed by atoms with Crippen molar-refractivity contribution in [2.24, 2.45) is 5.92 Å². The lowest BCUT2D eigenvalue weighted by molar-refractivity contribution is -0.143. The first-order valence-corrected chi connectivity index (χ1v) is 6.27. The number of nitrogens with zero attached hydrogens (tertiary/aromatic N) is 1. The molecule has 92 valence electrons. The largest absolute Gasteiger partial charge is 0.480 e. The molecule has 0 bridgehead atoms. The molecule has 2 fully saturated rings. The Morgan fingerprint density at radius 1 is 1.50 bits per heavy atom. The van der Waals surface area contributed by atoms with E-state index in [0.29, 0.717) is 6.10 Å². The van der Waals surface area contributed by atoms with Gasteiger partial charge in [0.2, 0.25) is 0 Å². The fourth-order valence-corrected chi connectivity index (χ4v) is 2.86. The Balaban J connectivity index is 1.81. The number of carboxylic acid groups (broad SMARTS) is 1. The minimum atomic E-state index is -0.669. The molecule has 3 atom stereocenters. The first kappa shape index (κ1) is 11.9. The Labute approximate surface area is 96.6 Å². The predicted molar refractivity (Wildman–Crippen MR) is 60.4 cm³/mol. The predicted octanol–water partition coefficient (Wildman–Crippen LogP) is 1.35. The summed E-state index contributed by atoms with van der Waals surface area (Å²) in [4.78, 5) is 13.3. The zero-order valence-electron chi connectivity index (χ0n) is 9.89. The molecule has 0 aromatic rings. The topological polar surface area (TPSA) is 49.8 Å². The molecule has 2 aliphatic heterocycles. The summed E-state index contributed by atoms with van der Waals surface area (Å²) in [6, 6.07) is -0.276. The van der Waals surface area contributed by atoms with Crippen LogP contribution < -0.4 is 0 Å². The lowest BCUT2D eigenvalue weighted by Crippen LogP contribution is -2.40. The molecule has 16 heavy (non-hydrogen) atoms. The quantitative estimate of drug-likeness (QED) is 0.787. The summed E-state index contributed by atoms with van der Waals surface area (Å²) in [6.45, 7) is 4.70. The second kappa shape index (κ2) is 5.15. The van der Waals surface area contributed by atoms with E-state index in [4.69, 9.17) is 4.74 Å². The standard InChI is InChI=1S/C12H21NO3/c1-9-4-6-13(11(9)12(14)15)7-5-10-3-2-8-16-10/h9-11H,2-8H2,1H3,(H,14,15). The fraction of sp³-hybridized carbons (Fsp3) is 0.917. The average Bonchev–Trinajstić information content (AvgIpc) is 2.83. The third-order valence-electron chi connectivity index (χ3n) is 3.82. The van der Waals surface area contributed by atoms with E-state index in [1.165, 1.54) is 0 Å². The van der Waals surface area contributed by atoms with Gasteiger partial charge in [-0.3, -0.25) is 9.69 Å². The van der Waals surface area contributed by atoms with Crippen molar-refractivity contribution in [3.8, 4) is 0 Å². The Kier molecular flexibility index (Phi) is 3.82. The summed E-state index contributed by atoms with van der Waals surface area (Å²) in [5.74, 6) is -0.390. The number of likely N-dealkylation sites (tertiary alicyclic amines) is 1. The van der Waals surface area contributed by atoms with Gasteiger partial charge in [-0.15, -0.1) is 0 Å². The van der Waals surface area contributed by atoms with E-state index in [9.17, 15) is 9.90 Å². The van der Waals surface area contributed by atoms with Crippen molar-refractivity contribution in [2.75, 3.05) is 19.7 Å². The molecule has 0 aromatic carbocycles. The van der Waals surface area contributed by atoms with Crippen LogP contribution in [-0.4, -0.2) is 47.8 Å². The van der Waals surface area contributed by atoms with Crippen molar-refractivity contribution in [3.05, 3.63) is 0 Å². The molecule has 2 saturated heterocycles. The van der Waals surface area contributed by atoms with Gasteiger partial charge in [-0.25, -0.2) is 0 Å². The van der Waals surface area contributed by atoms with E-state index in [1.807, 2.05) is 6.92 Å². The molecule has 0 aromatic heterocycles. The number of rotatable bonds is 4. The molecule has 0 spiro atoms. The zero-order chi connectivity index (χ0) is 11.5. The molecule has 1 N–H and O–H groups in total. The maximum Gasteiger partial charge on any atom is 0.321 e. The summed E-state index contributed by atoms with van der Waals surface area (Å²) in [7, 11) is 0. The molecule has 0 aliphatic carbocycles. The highest BCUT2D eigenvalue weighted by Gasteiger charge is 2.36. The van der Waals surface area contributed by atoms with Crippen LogP contribution >= 0.6 is 0 Å². The highest BCUT2D eigenvalue weighted by molar-refractivity contribution is 5.74. The van der Waals surface area contributed by atoms with Crippen LogP contribution in [0.2, 0.25) is 0 Å². The maximum absolute atomic E-state index is 11.1. The van der Waals surface area contributed by atoms with Gasteiger partial charge >= 0.3 is 5.97 Å². The lowest BCUT2D eigenvalue weighted by atomic mass is 10.0. The first-order chi connectivity index (χ1) is 7.68. The Morgan fingerprint density at radius 3 is 2.94 bits per heavy atom. The van der Waals surface area contributed by atoms with Crippen LogP contribution in [-0.2, 0) is 9.53 Å². The summed E-state index contributed by atoms with van der Waals surface area (Å²) in [5, 5.41) is 9.17. The molecule has 0 saturated carbocycles. The smallest absolute Gasteiger partial charge is 0.321 e. The molecule has 2 heterocycles. The maximum atomic E-state index is 11.1. The molecule has 2 rings (SSSR count). The third kappa shape index (κ3) is 2.55. The van der Waals surface area contributed by atoms with Crippen molar-refractivity contribution in [2.45, 2.75) is 44.8 Å². The molecular formula is C12H21NO3. The summed E-state index contributed by atoms with van der Waals surface area (Å²) < 4.78 is 5.56. The van der Waals surface area contributed by atoms with Gasteiger partial charge < -0.3 is 9.84 Å². The van der Waals surface area contributed by atoms with Crippen LogP contribution in [0.1, 0.15) is 32.6 Å². The molecule has 4 heteroatoms. The van der Waals surface area contributed by atoms with Gasteiger partial charge in [0, 0.05) is 13.2 Å². The molecular weight excluding hydrogens is 206 g/mol. The van der Waals surface area contributed by atoms with Gasteiger partial charge in [-0.05, 0) is 38.1 Å². The van der Waals surface area contributed by atoms with E-state index >= 15 is 0 Å². The van der Waals surface area contributed by atoms with Gasteiger partial charge in [0.1, 0.15) is 6.04 Å². The average molecular weight is 227 g/mol. The minimum Gasteiger partial charge on any atom is -0.480 e. The third-order valence-corrected chi connectivity index (χ3v) is 3.82. The normalized spacial score (nSPS) is 35.7. The van der Waals surface area contributed by atoms with Crippen LogP contribution in [0.15, 0.2) is 0 Å². The van der Waals surface area contributed by atoms with Crippen molar-refractivity contribution >= 4 is 5.97 Å². The monoisotopic (exact) mass is 227 g/mol. The van der Waals surface area contributed by atoms with Crippen molar-refractivity contribution < 1.29 is 14.6 Å². The van der Waals surface area contributed by atoms with Crippen LogP contribution in [0.5, 0.6) is 0 Å². The van der Waals surface area contributed by atoms with E-state index in [2.05, 4.69) is 4.90 Å². The molecule has 3 unspecified atom stereocenters.